The van der Waals surface area contributed by atoms with Gasteiger partial charge in [-0.3, -0.25) is 4.98 Å². The van der Waals surface area contributed by atoms with Gasteiger partial charge in [-0.2, -0.15) is 0 Å². The van der Waals surface area contributed by atoms with Gasteiger partial charge in [-0.1, -0.05) is 13.8 Å². The highest BCUT2D eigenvalue weighted by molar-refractivity contribution is 5.37. The maximum atomic E-state index is 4.79. The zero-order valence-corrected chi connectivity index (χ0v) is 11.5. The van der Waals surface area contributed by atoms with E-state index in [9.17, 15) is 0 Å². The molecule has 1 saturated carbocycles. The summed E-state index contributed by atoms with van der Waals surface area (Å²) in [5.41, 5.74) is 1.21. The van der Waals surface area contributed by atoms with Gasteiger partial charge < -0.3 is 4.90 Å². The molecule has 3 heteroatoms. The van der Waals surface area contributed by atoms with E-state index in [1.165, 1.54) is 31.4 Å². The van der Waals surface area contributed by atoms with Gasteiger partial charge in [-0.05, 0) is 37.5 Å². The molecule has 1 aliphatic heterocycles. The molecule has 0 atom stereocenters. The van der Waals surface area contributed by atoms with Gasteiger partial charge in [0.05, 0.1) is 11.9 Å². The molecule has 1 aromatic heterocycles. The summed E-state index contributed by atoms with van der Waals surface area (Å²) < 4.78 is 0. The van der Waals surface area contributed by atoms with E-state index >= 15 is 0 Å². The molecule has 0 unspecified atom stereocenters. The maximum Gasteiger partial charge on any atom is 0.147 e. The van der Waals surface area contributed by atoms with Crippen LogP contribution in [0.15, 0.2) is 12.4 Å². The molecule has 98 valence electrons. The highest BCUT2D eigenvalue weighted by Crippen LogP contribution is 2.39. The summed E-state index contributed by atoms with van der Waals surface area (Å²) in [4.78, 5) is 11.6. The fourth-order valence-electron chi connectivity index (χ4n) is 2.89. The quantitative estimate of drug-likeness (QED) is 0.818. The molecule has 0 aromatic carbocycles. The van der Waals surface area contributed by atoms with E-state index in [-0.39, 0.29) is 0 Å². The summed E-state index contributed by atoms with van der Waals surface area (Å²) in [5.74, 6) is 3.50. The Morgan fingerprint density at radius 1 is 1.11 bits per heavy atom. The Kier molecular flexibility index (Phi) is 3.23. The first kappa shape index (κ1) is 11.9. The van der Waals surface area contributed by atoms with Crippen molar-refractivity contribution in [2.24, 2.45) is 11.8 Å². The van der Waals surface area contributed by atoms with Crippen molar-refractivity contribution in [3.63, 3.8) is 0 Å². The molecular formula is C15H23N3. The smallest absolute Gasteiger partial charge is 0.147 e. The van der Waals surface area contributed by atoms with Crippen LogP contribution in [0.2, 0.25) is 0 Å². The fraction of sp³-hybridized carbons (Fsp3) is 0.733. The zero-order valence-electron chi connectivity index (χ0n) is 11.5. The molecule has 3 rings (SSSR count). The number of nitrogens with zero attached hydrogens (tertiary/aromatic N) is 3. The summed E-state index contributed by atoms with van der Waals surface area (Å²) >= 11 is 0. The topological polar surface area (TPSA) is 29.0 Å². The molecule has 1 aromatic rings. The van der Waals surface area contributed by atoms with Gasteiger partial charge in [0.15, 0.2) is 0 Å². The van der Waals surface area contributed by atoms with Crippen molar-refractivity contribution in [1.29, 1.82) is 0 Å². The molecule has 0 amide bonds. The van der Waals surface area contributed by atoms with E-state index in [1.807, 2.05) is 12.4 Å². The minimum absolute atomic E-state index is 0.700. The third kappa shape index (κ3) is 2.50. The lowest BCUT2D eigenvalue weighted by Crippen LogP contribution is -2.35. The summed E-state index contributed by atoms with van der Waals surface area (Å²) in [6.45, 7) is 6.97. The summed E-state index contributed by atoms with van der Waals surface area (Å²) in [6, 6.07) is 0. The summed E-state index contributed by atoms with van der Waals surface area (Å²) in [7, 11) is 0. The third-order valence-electron chi connectivity index (χ3n) is 4.44. The second-order valence-corrected chi connectivity index (χ2v) is 6.14. The summed E-state index contributed by atoms with van der Waals surface area (Å²) in [6.07, 6.45) is 9.07. The molecular weight excluding hydrogens is 222 g/mol. The first-order valence-corrected chi connectivity index (χ1v) is 7.31. The normalized spacial score (nSPS) is 21.6. The van der Waals surface area contributed by atoms with E-state index < -0.39 is 0 Å². The number of aromatic nitrogens is 2. The average molecular weight is 245 g/mol. The van der Waals surface area contributed by atoms with E-state index in [4.69, 9.17) is 4.98 Å². The lowest BCUT2D eigenvalue weighted by atomic mass is 9.87. The van der Waals surface area contributed by atoms with Crippen LogP contribution in [0.4, 0.5) is 5.82 Å². The largest absolute Gasteiger partial charge is 0.355 e. The Balaban J connectivity index is 1.66. The highest BCUT2D eigenvalue weighted by Gasteiger charge is 2.27. The molecule has 1 aliphatic carbocycles. The molecule has 0 bridgehead atoms. The van der Waals surface area contributed by atoms with Crippen LogP contribution < -0.4 is 4.90 Å². The predicted molar refractivity (Wildman–Crippen MR) is 73.8 cm³/mol. The van der Waals surface area contributed by atoms with Crippen LogP contribution in [0.5, 0.6) is 0 Å². The molecule has 3 nitrogen and oxygen atoms in total. The lowest BCUT2D eigenvalue weighted by Gasteiger charge is -2.34. The Hall–Kier alpha value is -1.12. The van der Waals surface area contributed by atoms with Gasteiger partial charge in [-0.15, -0.1) is 0 Å². The van der Waals surface area contributed by atoms with Crippen molar-refractivity contribution in [1.82, 2.24) is 9.97 Å². The van der Waals surface area contributed by atoms with Gasteiger partial charge >= 0.3 is 0 Å². The minimum Gasteiger partial charge on any atom is -0.355 e. The van der Waals surface area contributed by atoms with Gasteiger partial charge in [0, 0.05) is 25.2 Å². The van der Waals surface area contributed by atoms with E-state index in [0.29, 0.717) is 5.92 Å². The van der Waals surface area contributed by atoms with Gasteiger partial charge in [0.1, 0.15) is 5.82 Å². The van der Waals surface area contributed by atoms with Crippen molar-refractivity contribution in [3.05, 3.63) is 18.1 Å². The highest BCUT2D eigenvalue weighted by atomic mass is 15.2. The Morgan fingerprint density at radius 3 is 2.44 bits per heavy atom. The predicted octanol–water partition coefficient (Wildman–Crippen LogP) is 3.23. The molecule has 1 saturated heterocycles. The van der Waals surface area contributed by atoms with Gasteiger partial charge in [0.2, 0.25) is 0 Å². The van der Waals surface area contributed by atoms with Crippen LogP contribution >= 0.6 is 0 Å². The van der Waals surface area contributed by atoms with Crippen LogP contribution in [-0.4, -0.2) is 23.1 Å². The second-order valence-electron chi connectivity index (χ2n) is 6.14. The fourth-order valence-corrected chi connectivity index (χ4v) is 2.89. The van der Waals surface area contributed by atoms with Crippen molar-refractivity contribution in [2.75, 3.05) is 18.0 Å². The number of anilines is 1. The van der Waals surface area contributed by atoms with Crippen LogP contribution in [0, 0.1) is 11.8 Å². The van der Waals surface area contributed by atoms with E-state index in [2.05, 4.69) is 23.7 Å². The van der Waals surface area contributed by atoms with Crippen LogP contribution in [-0.2, 0) is 0 Å². The van der Waals surface area contributed by atoms with Crippen LogP contribution in [0.25, 0.3) is 0 Å². The monoisotopic (exact) mass is 245 g/mol. The first-order chi connectivity index (χ1) is 8.74. The van der Waals surface area contributed by atoms with Crippen LogP contribution in [0.3, 0.4) is 0 Å². The standard InChI is InChI=1S/C15H23N3/c1-11(2)12-5-7-18(8-6-12)15-10-16-9-14(17-15)13-3-4-13/h9-13H,3-8H2,1-2H3. The molecule has 2 fully saturated rings. The second kappa shape index (κ2) is 4.87. The third-order valence-corrected chi connectivity index (χ3v) is 4.44. The average Bonchev–Trinajstić information content (AvgIpc) is 3.23. The van der Waals surface area contributed by atoms with E-state index in [1.54, 1.807) is 0 Å². The first-order valence-electron chi connectivity index (χ1n) is 7.31. The summed E-state index contributed by atoms with van der Waals surface area (Å²) in [5, 5.41) is 0. The van der Waals surface area contributed by atoms with Crippen LogP contribution in [0.1, 0.15) is 51.1 Å². The zero-order chi connectivity index (χ0) is 12.5. The molecule has 0 spiro atoms. The van der Waals surface area contributed by atoms with Crippen molar-refractivity contribution in [2.45, 2.75) is 45.4 Å². The number of rotatable bonds is 3. The van der Waals surface area contributed by atoms with E-state index in [0.717, 1.165) is 30.7 Å². The SMILES string of the molecule is CC(C)C1CCN(c2cncc(C3CC3)n2)CC1. The Morgan fingerprint density at radius 2 is 1.83 bits per heavy atom. The van der Waals surface area contributed by atoms with Gasteiger partial charge in [-0.25, -0.2) is 4.98 Å². The molecule has 0 radical (unpaired) electrons. The minimum atomic E-state index is 0.700. The number of hydrogen-bond acceptors (Lipinski definition) is 3. The van der Waals surface area contributed by atoms with Crippen molar-refractivity contribution < 1.29 is 0 Å². The molecule has 2 heterocycles. The lowest BCUT2D eigenvalue weighted by molar-refractivity contribution is 0.310. The Bertz CT molecular complexity index is 404. The van der Waals surface area contributed by atoms with Crippen molar-refractivity contribution >= 4 is 5.82 Å². The maximum absolute atomic E-state index is 4.79. The van der Waals surface area contributed by atoms with Gasteiger partial charge in [0.25, 0.3) is 0 Å². The number of hydrogen-bond donors (Lipinski definition) is 0. The number of piperidine rings is 1. The molecule has 2 aliphatic rings. The van der Waals surface area contributed by atoms with Crippen molar-refractivity contribution in [3.8, 4) is 0 Å². The molecule has 0 N–H and O–H groups in total. The Labute approximate surface area is 110 Å². The molecule has 18 heavy (non-hydrogen) atoms.